The number of hydrogen-bond donors (Lipinski definition) is 3. The van der Waals surface area contributed by atoms with Crippen LogP contribution >= 0.6 is 0 Å². The molecule has 7 nitrogen and oxygen atoms in total. The number of aliphatic carboxylic acids is 1. The summed E-state index contributed by atoms with van der Waals surface area (Å²) in [6, 6.07) is 10.4. The van der Waals surface area contributed by atoms with Crippen molar-refractivity contribution in [3.63, 3.8) is 0 Å². The monoisotopic (exact) mass is 511 g/mol. The lowest BCUT2D eigenvalue weighted by atomic mass is 9.78. The number of piperidine rings is 1. The van der Waals surface area contributed by atoms with Gasteiger partial charge in [0.25, 0.3) is 5.91 Å². The first-order valence-electron chi connectivity index (χ1n) is 12.8. The summed E-state index contributed by atoms with van der Waals surface area (Å²) in [5.74, 6) is -0.608. The molecule has 1 aliphatic rings. The molecular formula is C30H41NO6. The number of aliphatic hydroxyl groups is 1. The molecule has 0 aliphatic carbocycles. The zero-order valence-corrected chi connectivity index (χ0v) is 23.3. The second-order valence-corrected chi connectivity index (χ2v) is 12.7. The maximum atomic E-state index is 13.6. The molecule has 1 amide bonds. The van der Waals surface area contributed by atoms with Crippen molar-refractivity contribution < 1.29 is 29.6 Å². The third-order valence-electron chi connectivity index (χ3n) is 7.11. The second-order valence-electron chi connectivity index (χ2n) is 12.7. The zero-order chi connectivity index (χ0) is 28.0. The normalized spacial score (nSPS) is 16.4. The first-order chi connectivity index (χ1) is 16.8. The number of phenols is 1. The largest absolute Gasteiger partial charge is 0.507 e. The highest BCUT2D eigenvalue weighted by atomic mass is 16.5. The molecule has 0 spiro atoms. The molecule has 37 heavy (non-hydrogen) atoms. The van der Waals surface area contributed by atoms with E-state index in [4.69, 9.17) is 4.74 Å². The minimum Gasteiger partial charge on any atom is -0.507 e. The molecule has 3 N–H and O–H groups in total. The van der Waals surface area contributed by atoms with Crippen LogP contribution in [0.3, 0.4) is 0 Å². The van der Waals surface area contributed by atoms with Gasteiger partial charge in [-0.3, -0.25) is 4.79 Å². The number of ether oxygens (including phenoxy) is 1. The topological polar surface area (TPSA) is 107 Å². The minimum atomic E-state index is -1.40. The molecule has 0 bridgehead atoms. The molecule has 202 valence electrons. The maximum absolute atomic E-state index is 13.6. The van der Waals surface area contributed by atoms with Crippen molar-refractivity contribution in [1.29, 1.82) is 0 Å². The minimum absolute atomic E-state index is 0.127. The summed E-state index contributed by atoms with van der Waals surface area (Å²) in [7, 11) is 0. The van der Waals surface area contributed by atoms with E-state index in [2.05, 4.69) is 0 Å². The number of carboxylic acids is 1. The van der Waals surface area contributed by atoms with Crippen molar-refractivity contribution in [2.45, 2.75) is 90.3 Å². The number of rotatable bonds is 5. The molecule has 0 aromatic heterocycles. The number of hydrogen-bond acceptors (Lipinski definition) is 5. The van der Waals surface area contributed by atoms with Gasteiger partial charge in [-0.25, -0.2) is 4.79 Å². The van der Waals surface area contributed by atoms with E-state index < -0.39 is 17.2 Å². The summed E-state index contributed by atoms with van der Waals surface area (Å²) in [6.45, 7) is 15.7. The van der Waals surface area contributed by atoms with Crippen molar-refractivity contribution in [2.24, 2.45) is 0 Å². The van der Waals surface area contributed by atoms with Gasteiger partial charge < -0.3 is 25.0 Å². The van der Waals surface area contributed by atoms with Gasteiger partial charge in [0, 0.05) is 29.8 Å². The summed E-state index contributed by atoms with van der Waals surface area (Å²) in [4.78, 5) is 26.8. The van der Waals surface area contributed by atoms with Gasteiger partial charge in [0.1, 0.15) is 11.5 Å². The van der Waals surface area contributed by atoms with Crippen LogP contribution in [-0.2, 0) is 21.2 Å². The van der Waals surface area contributed by atoms with E-state index in [-0.39, 0.29) is 22.5 Å². The first-order valence-corrected chi connectivity index (χ1v) is 12.8. The van der Waals surface area contributed by atoms with Crippen LogP contribution in [0.15, 0.2) is 36.4 Å². The Balaban J connectivity index is 1.83. The fourth-order valence-corrected chi connectivity index (χ4v) is 4.64. The molecule has 1 aliphatic heterocycles. The molecular weight excluding hydrogens is 470 g/mol. The van der Waals surface area contributed by atoms with Crippen molar-refractivity contribution in [3.8, 4) is 11.5 Å². The third-order valence-corrected chi connectivity index (χ3v) is 7.11. The summed E-state index contributed by atoms with van der Waals surface area (Å²) in [5, 5.41) is 31.8. The summed E-state index contributed by atoms with van der Waals surface area (Å²) >= 11 is 0. The molecule has 2 aromatic carbocycles. The average molecular weight is 512 g/mol. The lowest BCUT2D eigenvalue weighted by Crippen LogP contribution is -2.45. The number of aromatic hydroxyl groups is 1. The van der Waals surface area contributed by atoms with Crippen LogP contribution in [0.25, 0.3) is 0 Å². The van der Waals surface area contributed by atoms with Crippen LogP contribution in [0.2, 0.25) is 0 Å². The van der Waals surface area contributed by atoms with Gasteiger partial charge in [0.05, 0.1) is 5.60 Å². The summed E-state index contributed by atoms with van der Waals surface area (Å²) in [5.41, 5.74) is -0.617. The Morgan fingerprint density at radius 3 is 1.86 bits per heavy atom. The van der Waals surface area contributed by atoms with Crippen molar-refractivity contribution in [1.82, 2.24) is 4.90 Å². The molecule has 1 heterocycles. The Labute approximate surface area is 220 Å². The highest BCUT2D eigenvalue weighted by Crippen LogP contribution is 2.41. The number of benzene rings is 2. The van der Waals surface area contributed by atoms with Crippen molar-refractivity contribution in [3.05, 3.63) is 58.7 Å². The van der Waals surface area contributed by atoms with Gasteiger partial charge in [-0.05, 0) is 67.3 Å². The average Bonchev–Trinajstić information content (AvgIpc) is 2.77. The number of phenolic OH excluding ortho intramolecular Hbond substituents is 1. The van der Waals surface area contributed by atoms with E-state index >= 15 is 0 Å². The molecule has 1 saturated heterocycles. The van der Waals surface area contributed by atoms with Crippen LogP contribution in [0, 0.1) is 0 Å². The predicted molar refractivity (Wildman–Crippen MR) is 143 cm³/mol. The quantitative estimate of drug-likeness (QED) is 0.499. The van der Waals surface area contributed by atoms with Gasteiger partial charge in [0.15, 0.2) is 5.60 Å². The smallest absolute Gasteiger partial charge is 0.347 e. The molecule has 0 radical (unpaired) electrons. The number of carbonyl (C=O) groups excluding carboxylic acids is 1. The standard InChI is InChI=1S/C30H41NO6/c1-27(2,3)22-16-19(17-23(24(22)32)28(4,5)6)25(33)31-14-12-30(36,13-15-31)20-10-9-11-21(18-20)37-29(7,8)26(34)35/h9-11,16-18,32,36H,12-15H2,1-8H3,(H,34,35). The van der Waals surface area contributed by atoms with Gasteiger partial charge in [-0.1, -0.05) is 53.7 Å². The second kappa shape index (κ2) is 9.67. The number of nitrogens with zero attached hydrogens (tertiary/aromatic N) is 1. The molecule has 0 saturated carbocycles. The van der Waals surface area contributed by atoms with Gasteiger partial charge >= 0.3 is 5.97 Å². The number of carboxylic acid groups (broad SMARTS) is 1. The Morgan fingerprint density at radius 1 is 0.892 bits per heavy atom. The van der Waals surface area contributed by atoms with Crippen LogP contribution in [0.5, 0.6) is 11.5 Å². The van der Waals surface area contributed by atoms with Gasteiger partial charge in [0.2, 0.25) is 0 Å². The van der Waals surface area contributed by atoms with Crippen molar-refractivity contribution in [2.75, 3.05) is 13.1 Å². The molecule has 0 atom stereocenters. The van der Waals surface area contributed by atoms with Crippen LogP contribution in [0.4, 0.5) is 0 Å². The van der Waals surface area contributed by atoms with E-state index in [0.717, 1.165) is 11.1 Å². The molecule has 0 unspecified atom stereocenters. The van der Waals surface area contributed by atoms with E-state index in [1.165, 1.54) is 13.8 Å². The molecule has 1 fully saturated rings. The molecule has 7 heteroatoms. The zero-order valence-electron chi connectivity index (χ0n) is 23.3. The van der Waals surface area contributed by atoms with Gasteiger partial charge in [-0.15, -0.1) is 0 Å². The lowest BCUT2D eigenvalue weighted by molar-refractivity contribution is -0.152. The Hall–Kier alpha value is -3.06. The van der Waals surface area contributed by atoms with E-state index in [0.29, 0.717) is 42.8 Å². The van der Waals surface area contributed by atoms with E-state index in [1.54, 1.807) is 41.3 Å². The summed E-state index contributed by atoms with van der Waals surface area (Å²) in [6.07, 6.45) is 0.668. The Kier molecular flexibility index (Phi) is 7.45. The first kappa shape index (κ1) is 28.5. The predicted octanol–water partition coefficient (Wildman–Crippen LogP) is 5.35. The van der Waals surface area contributed by atoms with E-state index in [1.807, 2.05) is 41.5 Å². The fraction of sp³-hybridized carbons (Fsp3) is 0.533. The highest BCUT2D eigenvalue weighted by molar-refractivity contribution is 5.95. The molecule has 2 aromatic rings. The summed E-state index contributed by atoms with van der Waals surface area (Å²) < 4.78 is 5.65. The Morgan fingerprint density at radius 2 is 1.41 bits per heavy atom. The highest BCUT2D eigenvalue weighted by Gasteiger charge is 2.37. The van der Waals surface area contributed by atoms with E-state index in [9.17, 15) is 24.9 Å². The third kappa shape index (κ3) is 6.09. The lowest BCUT2D eigenvalue weighted by Gasteiger charge is -2.39. The fourth-order valence-electron chi connectivity index (χ4n) is 4.64. The van der Waals surface area contributed by atoms with Crippen LogP contribution < -0.4 is 4.74 Å². The number of likely N-dealkylation sites (tertiary alicyclic amines) is 1. The molecule has 3 rings (SSSR count). The maximum Gasteiger partial charge on any atom is 0.347 e. The number of carbonyl (C=O) groups is 2. The van der Waals surface area contributed by atoms with Crippen molar-refractivity contribution >= 4 is 11.9 Å². The SMILES string of the molecule is CC(C)(Oc1cccc(C2(O)CCN(C(=O)c3cc(C(C)(C)C)c(O)c(C(C)(C)C)c3)CC2)c1)C(=O)O. The number of amides is 1. The van der Waals surface area contributed by atoms with Crippen LogP contribution in [-0.4, -0.2) is 50.8 Å². The Bertz CT molecular complexity index is 1140. The van der Waals surface area contributed by atoms with Gasteiger partial charge in [-0.2, -0.15) is 0 Å². The van der Waals surface area contributed by atoms with Crippen LogP contribution in [0.1, 0.15) is 95.3 Å².